The number of nitrogens with zero attached hydrogens (tertiary/aromatic N) is 1. The van der Waals surface area contributed by atoms with Crippen LogP contribution in [-0.4, -0.2) is 23.0 Å². The summed E-state index contributed by atoms with van der Waals surface area (Å²) in [6, 6.07) is 3.70. The SMILES string of the molecule is CC1(C)C(N)C(C)(C)C1NC(=O)c1ncccc1Br. The topological polar surface area (TPSA) is 68.0 Å². The van der Waals surface area contributed by atoms with Crippen LogP contribution in [0.25, 0.3) is 0 Å². The summed E-state index contributed by atoms with van der Waals surface area (Å²) in [6.07, 6.45) is 1.61. The third-order valence-electron chi connectivity index (χ3n) is 4.34. The molecule has 0 saturated heterocycles. The van der Waals surface area contributed by atoms with E-state index in [0.717, 1.165) is 0 Å². The van der Waals surface area contributed by atoms with Crippen LogP contribution in [0.2, 0.25) is 0 Å². The second kappa shape index (κ2) is 4.56. The zero-order chi connectivity index (χ0) is 14.4. The predicted octanol–water partition coefficient (Wildman–Crippen LogP) is 2.34. The first-order valence-corrected chi connectivity index (χ1v) is 7.15. The average molecular weight is 326 g/mol. The normalized spacial score (nSPS) is 27.5. The number of carbonyl (C=O) groups is 1. The highest BCUT2D eigenvalue weighted by Gasteiger charge is 2.60. The average Bonchev–Trinajstić information content (AvgIpc) is 2.34. The van der Waals surface area contributed by atoms with E-state index in [-0.39, 0.29) is 28.8 Å². The quantitative estimate of drug-likeness (QED) is 0.876. The summed E-state index contributed by atoms with van der Waals surface area (Å²) in [7, 11) is 0. The molecule has 3 N–H and O–H groups in total. The van der Waals surface area contributed by atoms with Gasteiger partial charge >= 0.3 is 0 Å². The van der Waals surface area contributed by atoms with Gasteiger partial charge < -0.3 is 11.1 Å². The van der Waals surface area contributed by atoms with E-state index in [1.807, 2.05) is 6.07 Å². The number of hydrogen-bond acceptors (Lipinski definition) is 3. The molecule has 1 aromatic heterocycles. The number of aromatic nitrogens is 1. The van der Waals surface area contributed by atoms with Crippen LogP contribution < -0.4 is 11.1 Å². The minimum absolute atomic E-state index is 0.0383. The standard InChI is InChI=1S/C14H20BrN3O/c1-13(2)11(16)14(3,4)12(13)18-10(19)9-8(15)6-5-7-17-9/h5-7,11-12H,16H2,1-4H3,(H,18,19). The fourth-order valence-electron chi connectivity index (χ4n) is 3.30. The Kier molecular flexibility index (Phi) is 3.47. The molecule has 4 nitrogen and oxygen atoms in total. The molecule has 0 bridgehead atoms. The molecular weight excluding hydrogens is 306 g/mol. The summed E-state index contributed by atoms with van der Waals surface area (Å²) in [5.41, 5.74) is 6.38. The van der Waals surface area contributed by atoms with E-state index >= 15 is 0 Å². The lowest BCUT2D eigenvalue weighted by Crippen LogP contribution is -2.76. The Morgan fingerprint density at radius 3 is 2.47 bits per heavy atom. The Balaban J connectivity index is 2.19. The summed E-state index contributed by atoms with van der Waals surface area (Å²) in [5, 5.41) is 3.07. The first-order chi connectivity index (χ1) is 8.69. The van der Waals surface area contributed by atoms with Crippen molar-refractivity contribution in [2.24, 2.45) is 16.6 Å². The van der Waals surface area contributed by atoms with Crippen LogP contribution in [-0.2, 0) is 0 Å². The molecule has 1 amide bonds. The Morgan fingerprint density at radius 1 is 1.37 bits per heavy atom. The Bertz CT molecular complexity index is 497. The van der Waals surface area contributed by atoms with Crippen molar-refractivity contribution in [3.63, 3.8) is 0 Å². The summed E-state index contributed by atoms with van der Waals surface area (Å²) in [6.45, 7) is 8.34. The number of pyridine rings is 1. The number of hydrogen-bond donors (Lipinski definition) is 2. The summed E-state index contributed by atoms with van der Waals surface area (Å²) < 4.78 is 0.701. The van der Waals surface area contributed by atoms with E-state index in [9.17, 15) is 4.79 Å². The molecule has 5 heteroatoms. The van der Waals surface area contributed by atoms with Crippen molar-refractivity contribution in [3.8, 4) is 0 Å². The maximum Gasteiger partial charge on any atom is 0.271 e. The van der Waals surface area contributed by atoms with Crippen molar-refractivity contribution < 1.29 is 4.79 Å². The van der Waals surface area contributed by atoms with Crippen LogP contribution in [0.5, 0.6) is 0 Å². The van der Waals surface area contributed by atoms with Gasteiger partial charge in [-0.05, 0) is 28.1 Å². The summed E-state index contributed by atoms with van der Waals surface area (Å²) >= 11 is 3.35. The molecule has 1 fully saturated rings. The number of halogens is 1. The molecule has 1 aliphatic rings. The van der Waals surface area contributed by atoms with Crippen LogP contribution in [0.1, 0.15) is 38.2 Å². The van der Waals surface area contributed by atoms with Gasteiger partial charge in [-0.3, -0.25) is 4.79 Å². The predicted molar refractivity (Wildman–Crippen MR) is 78.7 cm³/mol. The molecule has 0 spiro atoms. The smallest absolute Gasteiger partial charge is 0.271 e. The zero-order valence-corrected chi connectivity index (χ0v) is 13.3. The van der Waals surface area contributed by atoms with E-state index in [4.69, 9.17) is 5.73 Å². The van der Waals surface area contributed by atoms with E-state index in [2.05, 4.69) is 53.9 Å². The number of nitrogens with two attached hydrogens (primary N) is 1. The second-order valence-corrected chi connectivity index (χ2v) is 7.22. The molecule has 1 aliphatic carbocycles. The van der Waals surface area contributed by atoms with Gasteiger partial charge in [-0.1, -0.05) is 27.7 Å². The highest BCUT2D eigenvalue weighted by molar-refractivity contribution is 9.10. The van der Waals surface area contributed by atoms with Gasteiger partial charge in [0.2, 0.25) is 0 Å². The van der Waals surface area contributed by atoms with Gasteiger partial charge in [-0.25, -0.2) is 4.98 Å². The monoisotopic (exact) mass is 325 g/mol. The van der Waals surface area contributed by atoms with Crippen molar-refractivity contribution in [1.82, 2.24) is 10.3 Å². The van der Waals surface area contributed by atoms with Gasteiger partial charge in [-0.2, -0.15) is 0 Å². The molecule has 1 aromatic rings. The largest absolute Gasteiger partial charge is 0.347 e. The van der Waals surface area contributed by atoms with E-state index in [1.54, 1.807) is 12.3 Å². The van der Waals surface area contributed by atoms with Crippen LogP contribution in [0.3, 0.4) is 0 Å². The second-order valence-electron chi connectivity index (χ2n) is 6.36. The van der Waals surface area contributed by atoms with Crippen LogP contribution in [0.4, 0.5) is 0 Å². The number of nitrogens with one attached hydrogen (secondary N) is 1. The lowest BCUT2D eigenvalue weighted by molar-refractivity contribution is -0.0664. The van der Waals surface area contributed by atoms with Gasteiger partial charge in [0.05, 0.1) is 0 Å². The van der Waals surface area contributed by atoms with Crippen molar-refractivity contribution in [3.05, 3.63) is 28.5 Å². The van der Waals surface area contributed by atoms with Gasteiger partial charge in [0.25, 0.3) is 5.91 Å². The first-order valence-electron chi connectivity index (χ1n) is 6.36. The van der Waals surface area contributed by atoms with E-state index < -0.39 is 0 Å². The van der Waals surface area contributed by atoms with Crippen molar-refractivity contribution >= 4 is 21.8 Å². The van der Waals surface area contributed by atoms with Crippen molar-refractivity contribution in [2.75, 3.05) is 0 Å². The maximum atomic E-state index is 12.3. The fourth-order valence-corrected chi connectivity index (χ4v) is 3.74. The highest BCUT2D eigenvalue weighted by atomic mass is 79.9. The molecule has 2 rings (SSSR count). The molecule has 104 valence electrons. The molecule has 1 saturated carbocycles. The zero-order valence-electron chi connectivity index (χ0n) is 11.7. The number of carbonyl (C=O) groups excluding carboxylic acids is 1. The van der Waals surface area contributed by atoms with Gasteiger partial charge in [0.15, 0.2) is 0 Å². The molecule has 0 radical (unpaired) electrons. The lowest BCUT2D eigenvalue weighted by Gasteiger charge is -2.62. The lowest BCUT2D eigenvalue weighted by atomic mass is 9.48. The molecule has 0 aromatic carbocycles. The Hall–Kier alpha value is -0.940. The van der Waals surface area contributed by atoms with E-state index in [1.165, 1.54) is 0 Å². The summed E-state index contributed by atoms with van der Waals surface area (Å²) in [4.78, 5) is 16.4. The maximum absolute atomic E-state index is 12.3. The third kappa shape index (κ3) is 2.19. The fraction of sp³-hybridized carbons (Fsp3) is 0.571. The third-order valence-corrected chi connectivity index (χ3v) is 4.98. The highest BCUT2D eigenvalue weighted by Crippen LogP contribution is 2.52. The van der Waals surface area contributed by atoms with Crippen LogP contribution in [0, 0.1) is 10.8 Å². The van der Waals surface area contributed by atoms with E-state index in [0.29, 0.717) is 10.2 Å². The van der Waals surface area contributed by atoms with Crippen molar-refractivity contribution in [1.29, 1.82) is 0 Å². The first kappa shape index (κ1) is 14.5. The van der Waals surface area contributed by atoms with Gasteiger partial charge in [0.1, 0.15) is 5.69 Å². The number of amides is 1. The van der Waals surface area contributed by atoms with Gasteiger partial charge in [0, 0.05) is 33.6 Å². The Morgan fingerprint density at radius 2 is 1.95 bits per heavy atom. The molecule has 0 atom stereocenters. The molecule has 19 heavy (non-hydrogen) atoms. The minimum atomic E-state index is -0.162. The van der Waals surface area contributed by atoms with Gasteiger partial charge in [-0.15, -0.1) is 0 Å². The van der Waals surface area contributed by atoms with Crippen LogP contribution >= 0.6 is 15.9 Å². The Labute approximate surface area is 122 Å². The molecule has 0 unspecified atom stereocenters. The number of rotatable bonds is 2. The minimum Gasteiger partial charge on any atom is -0.347 e. The molecule has 1 heterocycles. The summed E-state index contributed by atoms with van der Waals surface area (Å²) in [5.74, 6) is -0.162. The molecule has 0 aliphatic heterocycles. The van der Waals surface area contributed by atoms with Crippen LogP contribution in [0.15, 0.2) is 22.8 Å². The van der Waals surface area contributed by atoms with Crippen molar-refractivity contribution in [2.45, 2.75) is 39.8 Å². The molecular formula is C14H20BrN3O.